The van der Waals surface area contributed by atoms with Gasteiger partial charge in [-0.2, -0.15) is 0 Å². The van der Waals surface area contributed by atoms with Gasteiger partial charge in [0.25, 0.3) is 0 Å². The summed E-state index contributed by atoms with van der Waals surface area (Å²) in [6.45, 7) is 10.2. The van der Waals surface area contributed by atoms with Crippen LogP contribution in [0, 0.1) is 0 Å². The molecule has 1 aromatic rings. The zero-order valence-electron chi connectivity index (χ0n) is 14.0. The lowest BCUT2D eigenvalue weighted by Crippen LogP contribution is -2.55. The highest BCUT2D eigenvalue weighted by Crippen LogP contribution is 2.30. The Morgan fingerprint density at radius 1 is 1.39 bits per heavy atom. The van der Waals surface area contributed by atoms with Gasteiger partial charge in [0.05, 0.1) is 23.5 Å². The van der Waals surface area contributed by atoms with Crippen LogP contribution in [0.2, 0.25) is 5.02 Å². The molecule has 128 valence electrons. The molecule has 6 heteroatoms. The fourth-order valence-corrected chi connectivity index (χ4v) is 3.69. The number of nitrogens with zero attached hydrogens (tertiary/aromatic N) is 1. The van der Waals surface area contributed by atoms with Crippen LogP contribution in [-0.2, 0) is 9.53 Å². The van der Waals surface area contributed by atoms with Crippen molar-refractivity contribution in [2.45, 2.75) is 36.5 Å². The first-order chi connectivity index (χ1) is 10.9. The summed E-state index contributed by atoms with van der Waals surface area (Å²) < 4.78 is 5.39. The Bertz CT molecular complexity index is 533. The third-order valence-corrected chi connectivity index (χ3v) is 5.69. The van der Waals surface area contributed by atoms with Crippen LogP contribution in [0.1, 0.15) is 20.8 Å². The van der Waals surface area contributed by atoms with Crippen molar-refractivity contribution in [3.63, 3.8) is 0 Å². The Hall–Kier alpha value is -0.750. The average molecular weight is 357 g/mol. The van der Waals surface area contributed by atoms with Gasteiger partial charge in [0.2, 0.25) is 5.91 Å². The molecule has 0 saturated carbocycles. The number of benzene rings is 1. The minimum atomic E-state index is -0.185. The van der Waals surface area contributed by atoms with Crippen LogP contribution in [0.3, 0.4) is 0 Å². The van der Waals surface area contributed by atoms with Gasteiger partial charge in [0, 0.05) is 30.1 Å². The third-order valence-electron chi connectivity index (χ3n) is 4.07. The van der Waals surface area contributed by atoms with Gasteiger partial charge in [-0.25, -0.2) is 0 Å². The molecular weight excluding hydrogens is 332 g/mol. The molecule has 0 radical (unpaired) electrons. The molecule has 0 aliphatic carbocycles. The van der Waals surface area contributed by atoms with E-state index in [1.54, 1.807) is 0 Å². The molecule has 1 unspecified atom stereocenters. The lowest BCUT2D eigenvalue weighted by Gasteiger charge is -2.41. The summed E-state index contributed by atoms with van der Waals surface area (Å²) in [4.78, 5) is 15.7. The maximum atomic E-state index is 12.4. The van der Waals surface area contributed by atoms with Gasteiger partial charge in [0.1, 0.15) is 0 Å². The van der Waals surface area contributed by atoms with Crippen LogP contribution < -0.4 is 5.32 Å². The van der Waals surface area contributed by atoms with Crippen molar-refractivity contribution in [1.29, 1.82) is 0 Å². The molecule has 1 aromatic carbocycles. The number of ether oxygens (including phenoxy) is 1. The van der Waals surface area contributed by atoms with E-state index in [9.17, 15) is 4.79 Å². The minimum Gasteiger partial charge on any atom is -0.379 e. The van der Waals surface area contributed by atoms with Gasteiger partial charge in [-0.3, -0.25) is 9.69 Å². The van der Waals surface area contributed by atoms with Gasteiger partial charge in [-0.05, 0) is 32.9 Å². The van der Waals surface area contributed by atoms with Crippen molar-refractivity contribution in [2.24, 2.45) is 0 Å². The van der Waals surface area contributed by atoms with E-state index in [1.165, 1.54) is 11.8 Å². The van der Waals surface area contributed by atoms with E-state index in [2.05, 4.69) is 24.1 Å². The molecule has 1 aliphatic heterocycles. The fraction of sp³-hybridized carbons (Fsp3) is 0.588. The van der Waals surface area contributed by atoms with E-state index in [-0.39, 0.29) is 16.7 Å². The van der Waals surface area contributed by atoms with Gasteiger partial charge in [-0.15, -0.1) is 11.8 Å². The summed E-state index contributed by atoms with van der Waals surface area (Å²) in [5.74, 6) is 0.0382. The second kappa shape index (κ2) is 8.38. The summed E-state index contributed by atoms with van der Waals surface area (Å²) >= 11 is 7.64. The molecule has 1 aliphatic rings. The highest BCUT2D eigenvalue weighted by molar-refractivity contribution is 8.00. The summed E-state index contributed by atoms with van der Waals surface area (Å²) in [5.41, 5.74) is -0.0752. The molecule has 0 bridgehead atoms. The summed E-state index contributed by atoms with van der Waals surface area (Å²) in [7, 11) is 0. The number of thioether (sulfide) groups is 1. The number of halogens is 1. The van der Waals surface area contributed by atoms with Crippen molar-refractivity contribution in [3.8, 4) is 0 Å². The Kier molecular flexibility index (Phi) is 6.77. The second-order valence-corrected chi connectivity index (χ2v) is 8.11. The molecular formula is C17H25ClN2O2S. The molecule has 0 spiro atoms. The van der Waals surface area contributed by atoms with E-state index < -0.39 is 0 Å². The van der Waals surface area contributed by atoms with E-state index >= 15 is 0 Å². The largest absolute Gasteiger partial charge is 0.379 e. The van der Waals surface area contributed by atoms with Crippen LogP contribution in [-0.4, -0.2) is 54.4 Å². The lowest BCUT2D eigenvalue weighted by atomic mass is 10.0. The molecule has 23 heavy (non-hydrogen) atoms. The molecule has 1 saturated heterocycles. The quantitative estimate of drug-likeness (QED) is 0.795. The first-order valence-corrected chi connectivity index (χ1v) is 9.17. The van der Waals surface area contributed by atoms with E-state index in [1.807, 2.05) is 31.2 Å². The van der Waals surface area contributed by atoms with Crippen molar-refractivity contribution in [1.82, 2.24) is 10.2 Å². The van der Waals surface area contributed by atoms with Gasteiger partial charge in [0.15, 0.2) is 0 Å². The zero-order chi connectivity index (χ0) is 16.9. The van der Waals surface area contributed by atoms with Gasteiger partial charge >= 0.3 is 0 Å². The predicted molar refractivity (Wildman–Crippen MR) is 96.3 cm³/mol. The SMILES string of the molecule is CC(Sc1ccccc1Cl)C(=O)NCC(C)(C)N1CCOCC1. The molecule has 1 amide bonds. The maximum Gasteiger partial charge on any atom is 0.233 e. The third kappa shape index (κ3) is 5.38. The second-order valence-electron chi connectivity index (χ2n) is 6.32. The monoisotopic (exact) mass is 356 g/mol. The minimum absolute atomic E-state index is 0.0382. The van der Waals surface area contributed by atoms with Crippen molar-refractivity contribution in [3.05, 3.63) is 29.3 Å². The molecule has 1 atom stereocenters. The van der Waals surface area contributed by atoms with Crippen molar-refractivity contribution < 1.29 is 9.53 Å². The van der Waals surface area contributed by atoms with E-state index in [0.717, 1.165) is 31.2 Å². The highest BCUT2D eigenvalue weighted by atomic mass is 35.5. The van der Waals surface area contributed by atoms with Crippen LogP contribution in [0.25, 0.3) is 0 Å². The highest BCUT2D eigenvalue weighted by Gasteiger charge is 2.29. The molecule has 2 rings (SSSR count). The number of rotatable bonds is 6. The Morgan fingerprint density at radius 2 is 2.04 bits per heavy atom. The smallest absolute Gasteiger partial charge is 0.233 e. The standard InChI is InChI=1S/C17H25ClN2O2S/c1-13(23-15-7-5-4-6-14(15)18)16(21)19-12-17(2,3)20-8-10-22-11-9-20/h4-7,13H,8-12H2,1-3H3,(H,19,21). The van der Waals surface area contributed by atoms with Crippen LogP contribution in [0.15, 0.2) is 29.2 Å². The fourth-order valence-electron chi connectivity index (χ4n) is 2.51. The number of hydrogen-bond donors (Lipinski definition) is 1. The van der Waals surface area contributed by atoms with Gasteiger partial charge < -0.3 is 10.1 Å². The number of morpholine rings is 1. The first kappa shape index (κ1) is 18.6. The molecule has 1 fully saturated rings. The first-order valence-electron chi connectivity index (χ1n) is 7.92. The Balaban J connectivity index is 1.84. The number of hydrogen-bond acceptors (Lipinski definition) is 4. The number of carbonyl (C=O) groups excluding carboxylic acids is 1. The van der Waals surface area contributed by atoms with E-state index in [4.69, 9.17) is 16.3 Å². The Labute approximate surface area is 147 Å². The summed E-state index contributed by atoms with van der Waals surface area (Å²) in [5, 5.41) is 3.58. The molecule has 1 N–H and O–H groups in total. The number of amides is 1. The van der Waals surface area contributed by atoms with Crippen molar-refractivity contribution >= 4 is 29.3 Å². The summed E-state index contributed by atoms with van der Waals surface area (Å²) in [6, 6.07) is 7.60. The molecule has 1 heterocycles. The molecule has 4 nitrogen and oxygen atoms in total. The van der Waals surface area contributed by atoms with E-state index in [0.29, 0.717) is 11.6 Å². The Morgan fingerprint density at radius 3 is 2.70 bits per heavy atom. The lowest BCUT2D eigenvalue weighted by molar-refractivity contribution is -0.121. The van der Waals surface area contributed by atoms with Crippen LogP contribution in [0.4, 0.5) is 0 Å². The number of carbonyl (C=O) groups is 1. The van der Waals surface area contributed by atoms with Crippen LogP contribution >= 0.6 is 23.4 Å². The normalized spacial score (nSPS) is 17.7. The van der Waals surface area contributed by atoms with Gasteiger partial charge in [-0.1, -0.05) is 23.7 Å². The topological polar surface area (TPSA) is 41.6 Å². The average Bonchev–Trinajstić information content (AvgIpc) is 2.55. The van der Waals surface area contributed by atoms with Crippen LogP contribution in [0.5, 0.6) is 0 Å². The number of nitrogens with one attached hydrogen (secondary N) is 1. The molecule has 0 aromatic heterocycles. The maximum absolute atomic E-state index is 12.4. The zero-order valence-corrected chi connectivity index (χ0v) is 15.5. The predicted octanol–water partition coefficient (Wildman–Crippen LogP) is 3.05. The van der Waals surface area contributed by atoms with Crippen molar-refractivity contribution in [2.75, 3.05) is 32.8 Å². The summed E-state index contributed by atoms with van der Waals surface area (Å²) in [6.07, 6.45) is 0.